The molecule has 32 heavy (non-hydrogen) atoms. The molecule has 2 amide bonds. The van der Waals surface area contributed by atoms with Gasteiger partial charge in [-0.15, -0.1) is 0 Å². The lowest BCUT2D eigenvalue weighted by Crippen LogP contribution is -2.63. The van der Waals surface area contributed by atoms with Crippen LogP contribution in [-0.4, -0.2) is 51.9 Å². The molecule has 3 heterocycles. The summed E-state index contributed by atoms with van der Waals surface area (Å²) < 4.78 is 1.98. The first kappa shape index (κ1) is 20.8. The van der Waals surface area contributed by atoms with Crippen molar-refractivity contribution < 1.29 is 9.59 Å². The zero-order valence-electron chi connectivity index (χ0n) is 18.1. The Balaban J connectivity index is 1.45. The van der Waals surface area contributed by atoms with Gasteiger partial charge in [-0.3, -0.25) is 9.59 Å². The summed E-state index contributed by atoms with van der Waals surface area (Å²) in [6, 6.07) is 17.7. The number of benzene rings is 2. The quantitative estimate of drug-likeness (QED) is 0.535. The van der Waals surface area contributed by atoms with Crippen LogP contribution >= 0.6 is 11.6 Å². The maximum atomic E-state index is 13.8. The van der Waals surface area contributed by atoms with Crippen molar-refractivity contribution in [3.05, 3.63) is 78.0 Å². The minimum atomic E-state index is -0.00830. The topological polar surface area (TPSA) is 45.6 Å². The Morgan fingerprint density at radius 2 is 1.84 bits per heavy atom. The average molecular weight is 448 g/mol. The van der Waals surface area contributed by atoms with E-state index in [1.807, 2.05) is 69.0 Å². The number of hydrogen-bond donors (Lipinski definition) is 0. The van der Waals surface area contributed by atoms with Crippen molar-refractivity contribution in [2.24, 2.45) is 5.41 Å². The van der Waals surface area contributed by atoms with Gasteiger partial charge in [-0.25, -0.2) is 0 Å². The van der Waals surface area contributed by atoms with Gasteiger partial charge in [0, 0.05) is 36.5 Å². The molecule has 1 spiro atoms. The number of rotatable bonds is 3. The number of nitrogens with zero attached hydrogens (tertiary/aromatic N) is 3. The maximum absolute atomic E-state index is 13.8. The number of hydrogen-bond acceptors (Lipinski definition) is 2. The summed E-state index contributed by atoms with van der Waals surface area (Å²) in [6.07, 6.45) is 3.17. The maximum Gasteiger partial charge on any atom is 0.271 e. The first-order valence-corrected chi connectivity index (χ1v) is 11.4. The molecule has 0 N–H and O–H groups in total. The van der Waals surface area contributed by atoms with E-state index >= 15 is 0 Å². The predicted molar refractivity (Wildman–Crippen MR) is 127 cm³/mol. The molecule has 0 unspecified atom stereocenters. The van der Waals surface area contributed by atoms with E-state index < -0.39 is 0 Å². The molecule has 0 saturated carbocycles. The Morgan fingerprint density at radius 1 is 1.12 bits per heavy atom. The third kappa shape index (κ3) is 3.32. The molecule has 0 radical (unpaired) electrons. The van der Waals surface area contributed by atoms with Crippen LogP contribution < -0.4 is 0 Å². The molecule has 1 aromatic heterocycles. The van der Waals surface area contributed by atoms with E-state index in [2.05, 4.69) is 13.5 Å². The largest absolute Gasteiger partial charge is 0.338 e. The molecule has 2 aliphatic rings. The average Bonchev–Trinajstić information content (AvgIpc) is 3.16. The second-order valence-electron chi connectivity index (χ2n) is 9.08. The number of para-hydroxylation sites is 2. The Kier molecular flexibility index (Phi) is 5.09. The van der Waals surface area contributed by atoms with Gasteiger partial charge >= 0.3 is 0 Å². The van der Waals surface area contributed by atoms with E-state index in [1.165, 1.54) is 6.08 Å². The number of amides is 2. The number of fused-ring (bicyclic) bond motifs is 1. The summed E-state index contributed by atoms with van der Waals surface area (Å²) in [7, 11) is 0. The molecular weight excluding hydrogens is 422 g/mol. The van der Waals surface area contributed by atoms with Crippen LogP contribution in [0.1, 0.15) is 30.3 Å². The monoisotopic (exact) mass is 447 g/mol. The Morgan fingerprint density at radius 3 is 2.56 bits per heavy atom. The third-order valence-electron chi connectivity index (χ3n) is 6.97. The highest BCUT2D eigenvalue weighted by molar-refractivity contribution is 6.32. The number of carbonyl (C=O) groups is 2. The third-order valence-corrected chi connectivity index (χ3v) is 7.29. The summed E-state index contributed by atoms with van der Waals surface area (Å²) in [5.74, 6) is 0.00728. The first-order chi connectivity index (χ1) is 15.4. The van der Waals surface area contributed by atoms with Gasteiger partial charge in [-0.1, -0.05) is 48.5 Å². The first-order valence-electron chi connectivity index (χ1n) is 11.0. The molecule has 0 aliphatic carbocycles. The van der Waals surface area contributed by atoms with E-state index in [0.717, 1.165) is 42.5 Å². The minimum Gasteiger partial charge on any atom is -0.338 e. The van der Waals surface area contributed by atoms with Gasteiger partial charge in [-0.2, -0.15) is 0 Å². The number of likely N-dealkylation sites (tertiary alicyclic amines) is 2. The normalized spacial score (nSPS) is 19.8. The lowest BCUT2D eigenvalue weighted by molar-refractivity contribution is -0.142. The molecule has 3 aromatic rings. The van der Waals surface area contributed by atoms with Crippen molar-refractivity contribution in [3.8, 4) is 5.69 Å². The van der Waals surface area contributed by atoms with Gasteiger partial charge in [0.2, 0.25) is 5.91 Å². The van der Waals surface area contributed by atoms with Crippen molar-refractivity contribution >= 4 is 34.3 Å². The van der Waals surface area contributed by atoms with Crippen molar-refractivity contribution in [1.29, 1.82) is 0 Å². The molecule has 164 valence electrons. The Bertz CT molecular complexity index is 1220. The van der Waals surface area contributed by atoms with Crippen molar-refractivity contribution in [1.82, 2.24) is 14.4 Å². The molecule has 0 bridgehead atoms. The van der Waals surface area contributed by atoms with E-state index in [-0.39, 0.29) is 23.3 Å². The zero-order chi connectivity index (χ0) is 22.5. The van der Waals surface area contributed by atoms with Crippen LogP contribution in [0.15, 0.2) is 67.3 Å². The van der Waals surface area contributed by atoms with Gasteiger partial charge < -0.3 is 14.4 Å². The Labute approximate surface area is 192 Å². The van der Waals surface area contributed by atoms with Crippen LogP contribution in [0.25, 0.3) is 16.6 Å². The lowest BCUT2D eigenvalue weighted by Gasteiger charge is -2.55. The minimum absolute atomic E-state index is 0.00830. The standard InChI is InChI=1S/C26H26ClN3O2/c1-3-24(31)28-16-26(17-28)12-13-29(18(2)15-26)25(32)23-14-19-8-4-6-10-21(19)30(23)22-11-7-5-9-20(22)27/h3-11,14,18H,1,12-13,15-17H2,2H3/t18-/m1/s1. The van der Waals surface area contributed by atoms with E-state index in [0.29, 0.717) is 17.3 Å². The summed E-state index contributed by atoms with van der Waals surface area (Å²) >= 11 is 6.54. The molecular formula is C26H26ClN3O2. The SMILES string of the molecule is C=CC(=O)N1CC2(CCN(C(=O)c3cc4ccccc4n3-c3ccccc3Cl)[C@H](C)C2)C1. The van der Waals surface area contributed by atoms with Crippen LogP contribution in [-0.2, 0) is 4.79 Å². The fourth-order valence-corrected chi connectivity index (χ4v) is 5.63. The van der Waals surface area contributed by atoms with Crippen molar-refractivity contribution in [3.63, 3.8) is 0 Å². The molecule has 2 aromatic carbocycles. The van der Waals surface area contributed by atoms with Gasteiger partial charge in [0.15, 0.2) is 0 Å². The molecule has 1 atom stereocenters. The van der Waals surface area contributed by atoms with Gasteiger partial charge in [0.05, 0.1) is 16.2 Å². The van der Waals surface area contributed by atoms with Crippen LogP contribution in [0.5, 0.6) is 0 Å². The van der Waals surface area contributed by atoms with E-state index in [4.69, 9.17) is 11.6 Å². The van der Waals surface area contributed by atoms with E-state index in [9.17, 15) is 9.59 Å². The molecule has 2 fully saturated rings. The summed E-state index contributed by atoms with van der Waals surface area (Å²) in [5.41, 5.74) is 2.50. The zero-order valence-corrected chi connectivity index (χ0v) is 18.9. The summed E-state index contributed by atoms with van der Waals surface area (Å²) in [5, 5.41) is 1.62. The molecule has 2 saturated heterocycles. The molecule has 5 rings (SSSR count). The summed E-state index contributed by atoms with van der Waals surface area (Å²) in [6.45, 7) is 7.88. The van der Waals surface area contributed by atoms with E-state index in [1.54, 1.807) is 0 Å². The lowest BCUT2D eigenvalue weighted by atomic mass is 9.69. The highest BCUT2D eigenvalue weighted by atomic mass is 35.5. The van der Waals surface area contributed by atoms with Crippen molar-refractivity contribution in [2.45, 2.75) is 25.8 Å². The molecule has 2 aliphatic heterocycles. The van der Waals surface area contributed by atoms with Crippen LogP contribution in [0, 0.1) is 5.41 Å². The summed E-state index contributed by atoms with van der Waals surface area (Å²) in [4.78, 5) is 29.5. The molecule has 6 heteroatoms. The van der Waals surface area contributed by atoms with Gasteiger partial charge in [-0.05, 0) is 50.1 Å². The van der Waals surface area contributed by atoms with Crippen molar-refractivity contribution in [2.75, 3.05) is 19.6 Å². The van der Waals surface area contributed by atoms with Gasteiger partial charge in [0.25, 0.3) is 5.91 Å². The predicted octanol–water partition coefficient (Wildman–Crippen LogP) is 4.92. The second kappa shape index (κ2) is 7.82. The fourth-order valence-electron chi connectivity index (χ4n) is 5.41. The van der Waals surface area contributed by atoms with Crippen LogP contribution in [0.2, 0.25) is 5.02 Å². The highest BCUT2D eigenvalue weighted by Gasteiger charge is 2.49. The fraction of sp³-hybridized carbons (Fsp3) is 0.308. The molecule has 5 nitrogen and oxygen atoms in total. The highest BCUT2D eigenvalue weighted by Crippen LogP contribution is 2.43. The van der Waals surface area contributed by atoms with Crippen LogP contribution in [0.4, 0.5) is 0 Å². The number of aromatic nitrogens is 1. The van der Waals surface area contributed by atoms with Crippen LogP contribution in [0.3, 0.4) is 0 Å². The second-order valence-corrected chi connectivity index (χ2v) is 9.48. The smallest absolute Gasteiger partial charge is 0.271 e. The number of carbonyl (C=O) groups excluding carboxylic acids is 2. The van der Waals surface area contributed by atoms with Gasteiger partial charge in [0.1, 0.15) is 5.69 Å². The number of halogens is 1. The number of piperidine rings is 1. The Hall–Kier alpha value is -3.05.